The number of carbonyl (C=O) groups excluding carboxylic acids is 1. The van der Waals surface area contributed by atoms with Gasteiger partial charge in [-0.05, 0) is 25.0 Å². The first-order valence-electron chi connectivity index (χ1n) is 6.25. The summed E-state index contributed by atoms with van der Waals surface area (Å²) in [6.07, 6.45) is 3.47. The summed E-state index contributed by atoms with van der Waals surface area (Å²) in [5.41, 5.74) is -0.595. The number of benzene rings is 1. The average Bonchev–Trinajstić information content (AvgIpc) is 2.40. The molecule has 18 heavy (non-hydrogen) atoms. The molecule has 1 amide bonds. The topological polar surface area (TPSA) is 66.4 Å². The molecule has 0 heterocycles. The van der Waals surface area contributed by atoms with Gasteiger partial charge >= 0.3 is 5.97 Å². The van der Waals surface area contributed by atoms with Gasteiger partial charge in [0, 0.05) is 5.69 Å². The van der Waals surface area contributed by atoms with Gasteiger partial charge < -0.3 is 10.4 Å². The molecule has 0 radical (unpaired) electrons. The number of amides is 1. The molecule has 1 aliphatic rings. The molecule has 2 N–H and O–H groups in total. The minimum Gasteiger partial charge on any atom is -0.480 e. The second kappa shape index (κ2) is 5.21. The van der Waals surface area contributed by atoms with Crippen LogP contribution in [0.25, 0.3) is 0 Å². The molecule has 4 nitrogen and oxygen atoms in total. The fraction of sp³-hybridized carbons (Fsp3) is 0.429. The smallest absolute Gasteiger partial charge is 0.319 e. The summed E-state index contributed by atoms with van der Waals surface area (Å²) in [6.45, 7) is 0. The Bertz CT molecular complexity index is 436. The third-order valence-electron chi connectivity index (χ3n) is 3.58. The molecule has 1 aromatic rings. The number of anilines is 1. The zero-order valence-corrected chi connectivity index (χ0v) is 10.2. The highest BCUT2D eigenvalue weighted by Crippen LogP contribution is 2.37. The van der Waals surface area contributed by atoms with E-state index in [1.807, 2.05) is 18.2 Å². The Hall–Kier alpha value is -1.84. The zero-order valence-electron chi connectivity index (χ0n) is 10.2. The molecule has 0 spiro atoms. The summed E-state index contributed by atoms with van der Waals surface area (Å²) in [6, 6.07) is 8.99. The minimum absolute atomic E-state index is 0.388. The quantitative estimate of drug-likeness (QED) is 0.807. The van der Waals surface area contributed by atoms with E-state index in [0.29, 0.717) is 18.5 Å². The van der Waals surface area contributed by atoms with Crippen LogP contribution < -0.4 is 5.32 Å². The van der Waals surface area contributed by atoms with E-state index in [1.165, 1.54) is 0 Å². The summed E-state index contributed by atoms with van der Waals surface area (Å²) >= 11 is 0. The van der Waals surface area contributed by atoms with Gasteiger partial charge in [-0.2, -0.15) is 0 Å². The number of hydrogen-bond donors (Lipinski definition) is 2. The molecule has 1 aliphatic carbocycles. The van der Waals surface area contributed by atoms with Gasteiger partial charge in [0.1, 0.15) is 5.41 Å². The molecule has 96 valence electrons. The first kappa shape index (κ1) is 12.6. The van der Waals surface area contributed by atoms with E-state index < -0.39 is 11.4 Å². The van der Waals surface area contributed by atoms with E-state index in [4.69, 9.17) is 0 Å². The molecule has 4 heteroatoms. The van der Waals surface area contributed by atoms with E-state index in [1.54, 1.807) is 12.1 Å². The van der Waals surface area contributed by atoms with E-state index in [-0.39, 0.29) is 5.91 Å². The summed E-state index contributed by atoms with van der Waals surface area (Å²) < 4.78 is 0. The van der Waals surface area contributed by atoms with Crippen LogP contribution in [0.5, 0.6) is 0 Å². The van der Waals surface area contributed by atoms with Crippen LogP contribution in [0.2, 0.25) is 0 Å². The number of carbonyl (C=O) groups is 2. The van der Waals surface area contributed by atoms with Gasteiger partial charge in [-0.15, -0.1) is 0 Å². The maximum absolute atomic E-state index is 12.2. The van der Waals surface area contributed by atoms with Gasteiger partial charge in [0.25, 0.3) is 0 Å². The molecule has 0 aliphatic heterocycles. The van der Waals surface area contributed by atoms with E-state index in [9.17, 15) is 14.7 Å². The highest BCUT2D eigenvalue weighted by Gasteiger charge is 2.46. The molecule has 0 saturated heterocycles. The van der Waals surface area contributed by atoms with Crippen molar-refractivity contribution in [3.63, 3.8) is 0 Å². The third kappa shape index (κ3) is 2.37. The number of carboxylic acid groups (broad SMARTS) is 1. The number of para-hydroxylation sites is 1. The van der Waals surface area contributed by atoms with Gasteiger partial charge in [-0.25, -0.2) is 0 Å². The minimum atomic E-state index is -1.24. The summed E-state index contributed by atoms with van der Waals surface area (Å²) in [4.78, 5) is 23.7. The number of aliphatic carboxylic acids is 1. The van der Waals surface area contributed by atoms with E-state index in [0.717, 1.165) is 19.3 Å². The van der Waals surface area contributed by atoms with Crippen molar-refractivity contribution in [2.75, 3.05) is 5.32 Å². The Morgan fingerprint density at radius 3 is 2.22 bits per heavy atom. The summed E-state index contributed by atoms with van der Waals surface area (Å²) in [5.74, 6) is -1.39. The van der Waals surface area contributed by atoms with Crippen LogP contribution in [0.3, 0.4) is 0 Å². The standard InChI is InChI=1S/C14H17NO3/c16-12(15-11-7-3-1-4-8-11)14(13(17)18)9-5-2-6-10-14/h1,3-4,7-8H,2,5-6,9-10H2,(H,15,16)(H,17,18). The fourth-order valence-corrected chi connectivity index (χ4v) is 2.47. The second-order valence-corrected chi connectivity index (χ2v) is 4.77. The Morgan fingerprint density at radius 1 is 1.06 bits per heavy atom. The molecule has 1 fully saturated rings. The van der Waals surface area contributed by atoms with Crippen molar-refractivity contribution in [2.24, 2.45) is 5.41 Å². The van der Waals surface area contributed by atoms with Crippen molar-refractivity contribution in [2.45, 2.75) is 32.1 Å². The SMILES string of the molecule is O=C(O)C1(C(=O)Nc2ccccc2)CCCCC1. The molecule has 0 atom stereocenters. The van der Waals surface area contributed by atoms with Crippen LogP contribution >= 0.6 is 0 Å². The van der Waals surface area contributed by atoms with E-state index in [2.05, 4.69) is 5.32 Å². The first-order chi connectivity index (χ1) is 8.65. The highest BCUT2D eigenvalue weighted by atomic mass is 16.4. The predicted molar refractivity (Wildman–Crippen MR) is 68.2 cm³/mol. The van der Waals surface area contributed by atoms with Crippen molar-refractivity contribution < 1.29 is 14.7 Å². The lowest BCUT2D eigenvalue weighted by Gasteiger charge is -2.31. The molecular formula is C14H17NO3. The maximum Gasteiger partial charge on any atom is 0.319 e. The van der Waals surface area contributed by atoms with Gasteiger partial charge in [0.15, 0.2) is 0 Å². The van der Waals surface area contributed by atoms with Gasteiger partial charge in [0.05, 0.1) is 0 Å². The van der Waals surface area contributed by atoms with Crippen molar-refractivity contribution in [1.82, 2.24) is 0 Å². The maximum atomic E-state index is 12.2. The van der Waals surface area contributed by atoms with Crippen molar-refractivity contribution in [3.8, 4) is 0 Å². The Morgan fingerprint density at radius 2 is 1.67 bits per heavy atom. The average molecular weight is 247 g/mol. The van der Waals surface area contributed by atoms with Gasteiger partial charge in [-0.1, -0.05) is 37.5 Å². The number of hydrogen-bond acceptors (Lipinski definition) is 2. The van der Waals surface area contributed by atoms with Crippen LogP contribution in [0.4, 0.5) is 5.69 Å². The highest BCUT2D eigenvalue weighted by molar-refractivity contribution is 6.08. The number of nitrogens with one attached hydrogen (secondary N) is 1. The van der Waals surface area contributed by atoms with Gasteiger partial charge in [0.2, 0.25) is 5.91 Å². The molecule has 0 unspecified atom stereocenters. The lowest BCUT2D eigenvalue weighted by molar-refractivity contribution is -0.156. The van der Waals surface area contributed by atoms with Crippen LogP contribution in [-0.4, -0.2) is 17.0 Å². The molecule has 0 aromatic heterocycles. The summed E-state index contributed by atoms with van der Waals surface area (Å²) in [7, 11) is 0. The molecule has 1 aromatic carbocycles. The van der Waals surface area contributed by atoms with Crippen molar-refractivity contribution in [3.05, 3.63) is 30.3 Å². The predicted octanol–water partition coefficient (Wildman–Crippen LogP) is 2.66. The second-order valence-electron chi connectivity index (χ2n) is 4.77. The Kier molecular flexibility index (Phi) is 3.65. The number of carboxylic acids is 1. The lowest BCUT2D eigenvalue weighted by Crippen LogP contribution is -2.44. The Balaban J connectivity index is 2.16. The van der Waals surface area contributed by atoms with Crippen LogP contribution in [-0.2, 0) is 9.59 Å². The zero-order chi connectivity index (χ0) is 13.0. The van der Waals surface area contributed by atoms with Crippen molar-refractivity contribution >= 4 is 17.6 Å². The van der Waals surface area contributed by atoms with Crippen molar-refractivity contribution in [1.29, 1.82) is 0 Å². The Labute approximate surface area is 106 Å². The lowest BCUT2D eigenvalue weighted by atomic mass is 9.73. The summed E-state index contributed by atoms with van der Waals surface area (Å²) in [5, 5.41) is 12.1. The van der Waals surface area contributed by atoms with Gasteiger partial charge in [-0.3, -0.25) is 9.59 Å². The van der Waals surface area contributed by atoms with Crippen LogP contribution in [0, 0.1) is 5.41 Å². The first-order valence-corrected chi connectivity index (χ1v) is 6.25. The van der Waals surface area contributed by atoms with E-state index >= 15 is 0 Å². The van der Waals surface area contributed by atoms with Crippen LogP contribution in [0.1, 0.15) is 32.1 Å². The molecular weight excluding hydrogens is 230 g/mol. The largest absolute Gasteiger partial charge is 0.480 e. The monoisotopic (exact) mass is 247 g/mol. The molecule has 1 saturated carbocycles. The third-order valence-corrected chi connectivity index (χ3v) is 3.58. The molecule has 2 rings (SSSR count). The number of rotatable bonds is 3. The molecule has 0 bridgehead atoms. The van der Waals surface area contributed by atoms with Crippen LogP contribution in [0.15, 0.2) is 30.3 Å². The normalized spacial score (nSPS) is 18.0. The fourth-order valence-electron chi connectivity index (χ4n) is 2.47.